The first-order valence-electron chi connectivity index (χ1n) is 5.77. The first-order chi connectivity index (χ1) is 7.11. The molecule has 0 aromatic carbocycles. The van der Waals surface area contributed by atoms with E-state index in [-0.39, 0.29) is 6.10 Å². The van der Waals surface area contributed by atoms with Gasteiger partial charge in [0.1, 0.15) is 0 Å². The first-order valence-corrected chi connectivity index (χ1v) is 5.77. The van der Waals surface area contributed by atoms with Crippen LogP contribution in [0.3, 0.4) is 0 Å². The molecule has 1 N–H and O–H groups in total. The number of pyridine rings is 1. The van der Waals surface area contributed by atoms with Crippen LogP contribution >= 0.6 is 0 Å². The molecule has 2 nitrogen and oxygen atoms in total. The van der Waals surface area contributed by atoms with Gasteiger partial charge in [0.25, 0.3) is 0 Å². The Balaban J connectivity index is 2.54. The van der Waals surface area contributed by atoms with Crippen molar-refractivity contribution in [3.05, 3.63) is 28.6 Å². The van der Waals surface area contributed by atoms with Gasteiger partial charge in [0.2, 0.25) is 0 Å². The molecule has 0 fully saturated rings. The van der Waals surface area contributed by atoms with E-state index in [0.29, 0.717) is 5.92 Å². The van der Waals surface area contributed by atoms with Crippen molar-refractivity contribution < 1.29 is 5.11 Å². The fourth-order valence-corrected chi connectivity index (χ4v) is 2.52. The van der Waals surface area contributed by atoms with Crippen molar-refractivity contribution in [3.63, 3.8) is 0 Å². The summed E-state index contributed by atoms with van der Waals surface area (Å²) in [4.78, 5) is 4.49. The van der Waals surface area contributed by atoms with E-state index in [0.717, 1.165) is 30.5 Å². The molecule has 0 amide bonds. The average molecular weight is 205 g/mol. The standard InChI is InChI=1S/C13H19NO/c1-8(2)10-7-14-11-5-4-6-12(15)13(11)9(10)3/h7-8,12,15H,4-6H2,1-3H3. The summed E-state index contributed by atoms with van der Waals surface area (Å²) in [6, 6.07) is 0. The van der Waals surface area contributed by atoms with Crippen LogP contribution in [0.15, 0.2) is 6.20 Å². The quantitative estimate of drug-likeness (QED) is 0.764. The lowest BCUT2D eigenvalue weighted by atomic mass is 9.86. The third kappa shape index (κ3) is 1.78. The van der Waals surface area contributed by atoms with Crippen molar-refractivity contribution in [2.24, 2.45) is 0 Å². The smallest absolute Gasteiger partial charge is 0.0810 e. The minimum Gasteiger partial charge on any atom is -0.388 e. The molecule has 1 unspecified atom stereocenters. The zero-order valence-corrected chi connectivity index (χ0v) is 9.75. The number of aliphatic hydroxyl groups is 1. The van der Waals surface area contributed by atoms with Crippen LogP contribution in [0, 0.1) is 6.92 Å². The molecule has 0 spiro atoms. The summed E-state index contributed by atoms with van der Waals surface area (Å²) in [5.41, 5.74) is 4.74. The Morgan fingerprint density at radius 3 is 2.87 bits per heavy atom. The van der Waals surface area contributed by atoms with Crippen molar-refractivity contribution in [1.82, 2.24) is 4.98 Å². The molecule has 0 aliphatic heterocycles. The number of hydrogen-bond donors (Lipinski definition) is 1. The lowest BCUT2D eigenvalue weighted by Crippen LogP contribution is -2.14. The largest absolute Gasteiger partial charge is 0.388 e. The maximum Gasteiger partial charge on any atom is 0.0810 e. The third-order valence-corrected chi connectivity index (χ3v) is 3.35. The number of nitrogens with zero attached hydrogens (tertiary/aromatic N) is 1. The summed E-state index contributed by atoms with van der Waals surface area (Å²) in [7, 11) is 0. The Hall–Kier alpha value is -0.890. The second-order valence-electron chi connectivity index (χ2n) is 4.76. The van der Waals surface area contributed by atoms with Crippen molar-refractivity contribution >= 4 is 0 Å². The number of hydrogen-bond acceptors (Lipinski definition) is 2. The number of fused-ring (bicyclic) bond motifs is 1. The molecular weight excluding hydrogens is 186 g/mol. The molecule has 1 aromatic heterocycles. The Morgan fingerprint density at radius 2 is 2.20 bits per heavy atom. The van der Waals surface area contributed by atoms with Crippen molar-refractivity contribution in [3.8, 4) is 0 Å². The zero-order chi connectivity index (χ0) is 11.0. The topological polar surface area (TPSA) is 33.1 Å². The van der Waals surface area contributed by atoms with Crippen LogP contribution in [-0.4, -0.2) is 10.1 Å². The maximum absolute atomic E-state index is 10.0. The predicted octanol–water partition coefficient (Wildman–Crippen LogP) is 2.88. The summed E-state index contributed by atoms with van der Waals surface area (Å²) in [6.07, 6.45) is 4.65. The monoisotopic (exact) mass is 205 g/mol. The van der Waals surface area contributed by atoms with Gasteiger partial charge in [0.05, 0.1) is 6.10 Å². The molecule has 1 aliphatic rings. The highest BCUT2D eigenvalue weighted by Gasteiger charge is 2.23. The van der Waals surface area contributed by atoms with Crippen LogP contribution in [-0.2, 0) is 6.42 Å². The lowest BCUT2D eigenvalue weighted by Gasteiger charge is -2.24. The van der Waals surface area contributed by atoms with Gasteiger partial charge >= 0.3 is 0 Å². The number of aliphatic hydroxyl groups excluding tert-OH is 1. The maximum atomic E-state index is 10.0. The van der Waals surface area contributed by atoms with E-state index < -0.39 is 0 Å². The van der Waals surface area contributed by atoms with Gasteiger partial charge in [-0.1, -0.05) is 13.8 Å². The van der Waals surface area contributed by atoms with Crippen LogP contribution in [0.25, 0.3) is 0 Å². The molecule has 0 bridgehead atoms. The van der Waals surface area contributed by atoms with E-state index in [2.05, 4.69) is 25.8 Å². The van der Waals surface area contributed by atoms with Gasteiger partial charge in [-0.3, -0.25) is 4.98 Å². The minimum absolute atomic E-state index is 0.292. The van der Waals surface area contributed by atoms with Gasteiger partial charge in [-0.25, -0.2) is 0 Å². The summed E-state index contributed by atoms with van der Waals surface area (Å²) in [5.74, 6) is 0.483. The first kappa shape index (κ1) is 10.6. The Bertz CT molecular complexity index is 371. The van der Waals surface area contributed by atoms with E-state index in [9.17, 15) is 5.11 Å². The molecule has 82 valence electrons. The highest BCUT2D eigenvalue weighted by molar-refractivity contribution is 5.39. The van der Waals surface area contributed by atoms with E-state index in [1.807, 2.05) is 6.20 Å². The Kier molecular flexibility index (Phi) is 2.79. The molecule has 1 aliphatic carbocycles. The lowest BCUT2D eigenvalue weighted by molar-refractivity contribution is 0.154. The molecule has 0 saturated heterocycles. The normalized spacial score (nSPS) is 20.5. The van der Waals surface area contributed by atoms with Crippen LogP contribution in [0.2, 0.25) is 0 Å². The van der Waals surface area contributed by atoms with Gasteiger partial charge in [0.15, 0.2) is 0 Å². The average Bonchev–Trinajstić information content (AvgIpc) is 2.17. The van der Waals surface area contributed by atoms with Crippen molar-refractivity contribution in [1.29, 1.82) is 0 Å². The van der Waals surface area contributed by atoms with Crippen LogP contribution in [0.1, 0.15) is 61.1 Å². The second-order valence-corrected chi connectivity index (χ2v) is 4.76. The van der Waals surface area contributed by atoms with Gasteiger partial charge < -0.3 is 5.11 Å². The SMILES string of the molecule is Cc1c(C(C)C)cnc2c1C(O)CCC2. The molecule has 1 heterocycles. The Labute approximate surface area is 91.4 Å². The van der Waals surface area contributed by atoms with Gasteiger partial charge in [0, 0.05) is 17.5 Å². The minimum atomic E-state index is -0.292. The molecule has 1 atom stereocenters. The fourth-order valence-electron chi connectivity index (χ4n) is 2.52. The fraction of sp³-hybridized carbons (Fsp3) is 0.615. The van der Waals surface area contributed by atoms with Crippen LogP contribution in [0.4, 0.5) is 0 Å². The third-order valence-electron chi connectivity index (χ3n) is 3.35. The molecule has 2 heteroatoms. The van der Waals surface area contributed by atoms with Crippen molar-refractivity contribution in [2.45, 2.75) is 52.1 Å². The number of rotatable bonds is 1. The van der Waals surface area contributed by atoms with E-state index >= 15 is 0 Å². The van der Waals surface area contributed by atoms with Crippen molar-refractivity contribution in [2.75, 3.05) is 0 Å². The van der Waals surface area contributed by atoms with Gasteiger partial charge in [-0.15, -0.1) is 0 Å². The van der Waals surface area contributed by atoms with Crippen LogP contribution < -0.4 is 0 Å². The molecule has 15 heavy (non-hydrogen) atoms. The number of aromatic nitrogens is 1. The van der Waals surface area contributed by atoms with E-state index in [1.165, 1.54) is 11.1 Å². The summed E-state index contributed by atoms with van der Waals surface area (Å²) >= 11 is 0. The van der Waals surface area contributed by atoms with E-state index in [4.69, 9.17) is 0 Å². The highest BCUT2D eigenvalue weighted by atomic mass is 16.3. The Morgan fingerprint density at radius 1 is 1.47 bits per heavy atom. The molecular formula is C13H19NO. The molecule has 0 radical (unpaired) electrons. The highest BCUT2D eigenvalue weighted by Crippen LogP contribution is 2.33. The summed E-state index contributed by atoms with van der Waals surface area (Å²) in [5, 5.41) is 10.0. The van der Waals surface area contributed by atoms with Gasteiger partial charge in [-0.05, 0) is 43.2 Å². The second kappa shape index (κ2) is 3.93. The molecule has 2 rings (SSSR count). The zero-order valence-electron chi connectivity index (χ0n) is 9.75. The van der Waals surface area contributed by atoms with Crippen LogP contribution in [0.5, 0.6) is 0 Å². The van der Waals surface area contributed by atoms with E-state index in [1.54, 1.807) is 0 Å². The molecule has 1 aromatic rings. The van der Waals surface area contributed by atoms with Gasteiger partial charge in [-0.2, -0.15) is 0 Å². The molecule has 0 saturated carbocycles. The summed E-state index contributed by atoms with van der Waals surface area (Å²) < 4.78 is 0. The summed E-state index contributed by atoms with van der Waals surface area (Å²) in [6.45, 7) is 6.46. The predicted molar refractivity (Wildman–Crippen MR) is 61.0 cm³/mol. The number of aryl methyl sites for hydroxylation is 1.